The fourth-order valence-electron chi connectivity index (χ4n) is 1.12. The van der Waals surface area contributed by atoms with Crippen molar-refractivity contribution >= 4 is 34.5 Å². The van der Waals surface area contributed by atoms with E-state index in [9.17, 15) is 5.11 Å². The molecule has 1 aromatic heterocycles. The summed E-state index contributed by atoms with van der Waals surface area (Å²) >= 11 is 7.32. The topological polar surface area (TPSA) is 63.0 Å². The van der Waals surface area contributed by atoms with Crippen molar-refractivity contribution in [3.05, 3.63) is 16.5 Å². The van der Waals surface area contributed by atoms with Gasteiger partial charge in [-0.1, -0.05) is 0 Å². The monoisotopic (exact) mass is 262 g/mol. The number of anilines is 1. The highest BCUT2D eigenvalue weighted by molar-refractivity contribution is 9.11. The molecule has 0 saturated heterocycles. The van der Waals surface area contributed by atoms with Gasteiger partial charge in [-0.25, -0.2) is 0 Å². The van der Waals surface area contributed by atoms with Crippen LogP contribution >= 0.6 is 28.6 Å². The van der Waals surface area contributed by atoms with Gasteiger partial charge in [-0.05, 0) is 22.9 Å². The summed E-state index contributed by atoms with van der Waals surface area (Å²) in [5.41, 5.74) is 0.762. The fraction of sp³-hybridized carbons (Fsp3) is 0.333. The average Bonchev–Trinajstić information content (AvgIpc) is 2.49. The molecule has 0 aromatic carbocycles. The van der Waals surface area contributed by atoms with Crippen LogP contribution in [0, 0.1) is 0 Å². The summed E-state index contributed by atoms with van der Waals surface area (Å²) < 4.78 is 1.81. The number of fused-ring (bicyclic) bond motifs is 1. The first-order chi connectivity index (χ1) is 6.03. The minimum absolute atomic E-state index is 0.471. The van der Waals surface area contributed by atoms with Crippen molar-refractivity contribution in [3.63, 3.8) is 0 Å². The molecule has 0 aliphatic carbocycles. The summed E-state index contributed by atoms with van der Waals surface area (Å²) in [5.74, 6) is 0.471. The third-order valence-electron chi connectivity index (χ3n) is 1.77. The zero-order valence-electron chi connectivity index (χ0n) is 6.69. The normalized spacial score (nSPS) is 27.1. The van der Waals surface area contributed by atoms with Crippen LogP contribution in [-0.4, -0.2) is 19.9 Å². The molecule has 1 atom stereocenters. The molecular weight excluding hydrogens is 256 g/mol. The van der Waals surface area contributed by atoms with E-state index in [2.05, 4.69) is 44.0 Å². The molecule has 2 heterocycles. The Hall–Kier alpha value is -0.530. The Morgan fingerprint density at radius 1 is 1.77 bits per heavy atom. The molecule has 1 unspecified atom stereocenters. The van der Waals surface area contributed by atoms with E-state index in [4.69, 9.17) is 0 Å². The number of aromatic nitrogens is 3. The van der Waals surface area contributed by atoms with Gasteiger partial charge in [0, 0.05) is 5.70 Å². The molecule has 2 N–H and O–H groups in total. The zero-order chi connectivity index (χ0) is 9.64. The SMILES string of the molecule is CC1=C(Br)C(O)(S)n2ncnc2N1. The quantitative estimate of drug-likeness (QED) is 0.480. The Labute approximate surface area is 88.4 Å². The number of allylic oxidation sites excluding steroid dienone is 1. The zero-order valence-corrected chi connectivity index (χ0v) is 9.17. The highest BCUT2D eigenvalue weighted by Crippen LogP contribution is 2.38. The predicted octanol–water partition coefficient (Wildman–Crippen LogP) is 0.862. The summed E-state index contributed by atoms with van der Waals surface area (Å²) in [6, 6.07) is 0. The first-order valence-electron chi connectivity index (χ1n) is 3.52. The van der Waals surface area contributed by atoms with Crippen molar-refractivity contribution in [3.8, 4) is 0 Å². The van der Waals surface area contributed by atoms with E-state index in [-0.39, 0.29) is 0 Å². The molecule has 0 amide bonds. The fourth-order valence-corrected chi connectivity index (χ4v) is 1.70. The van der Waals surface area contributed by atoms with Crippen LogP contribution in [0.4, 0.5) is 5.95 Å². The van der Waals surface area contributed by atoms with Gasteiger partial charge in [0.15, 0.2) is 0 Å². The maximum Gasteiger partial charge on any atom is 0.242 e. The number of hydrogen-bond acceptors (Lipinski definition) is 5. The second-order valence-corrected chi connectivity index (χ2v) is 4.11. The van der Waals surface area contributed by atoms with Crippen molar-refractivity contribution in [2.24, 2.45) is 0 Å². The van der Waals surface area contributed by atoms with E-state index in [1.54, 1.807) is 0 Å². The summed E-state index contributed by atoms with van der Waals surface area (Å²) in [5, 5.41) is 15.3. The van der Waals surface area contributed by atoms with Crippen LogP contribution in [0.2, 0.25) is 0 Å². The van der Waals surface area contributed by atoms with E-state index >= 15 is 0 Å². The molecule has 1 aliphatic heterocycles. The number of nitrogens with zero attached hydrogens (tertiary/aromatic N) is 3. The van der Waals surface area contributed by atoms with Crippen LogP contribution < -0.4 is 5.32 Å². The van der Waals surface area contributed by atoms with Gasteiger partial charge in [-0.3, -0.25) is 0 Å². The minimum Gasteiger partial charge on any atom is -0.357 e. The largest absolute Gasteiger partial charge is 0.357 e. The van der Waals surface area contributed by atoms with Crippen LogP contribution in [-0.2, 0) is 5.06 Å². The first-order valence-corrected chi connectivity index (χ1v) is 4.76. The second kappa shape index (κ2) is 2.73. The van der Waals surface area contributed by atoms with E-state index in [1.165, 1.54) is 11.0 Å². The molecule has 2 rings (SSSR count). The van der Waals surface area contributed by atoms with Gasteiger partial charge < -0.3 is 10.4 Å². The standard InChI is InChI=1S/C6H7BrN4OS/c1-3-4(7)6(12,13)11-5(10-3)8-2-9-11/h2,12-13H,1H3,(H,8,9,10). The van der Waals surface area contributed by atoms with Crippen molar-refractivity contribution < 1.29 is 5.11 Å². The molecule has 1 aliphatic rings. The Balaban J connectivity index is 2.61. The lowest BCUT2D eigenvalue weighted by molar-refractivity contribution is 0.0977. The summed E-state index contributed by atoms with van der Waals surface area (Å²) in [6.07, 6.45) is 1.35. The van der Waals surface area contributed by atoms with Crippen LogP contribution in [0.15, 0.2) is 16.5 Å². The van der Waals surface area contributed by atoms with Gasteiger partial charge in [-0.2, -0.15) is 14.8 Å². The summed E-state index contributed by atoms with van der Waals surface area (Å²) in [7, 11) is 0. The molecule has 0 fully saturated rings. The summed E-state index contributed by atoms with van der Waals surface area (Å²) in [6.45, 7) is 1.81. The average molecular weight is 263 g/mol. The molecule has 0 spiro atoms. The van der Waals surface area contributed by atoms with Gasteiger partial charge >= 0.3 is 0 Å². The van der Waals surface area contributed by atoms with Crippen molar-refractivity contribution in [1.29, 1.82) is 0 Å². The highest BCUT2D eigenvalue weighted by atomic mass is 79.9. The predicted molar refractivity (Wildman–Crippen MR) is 54.5 cm³/mol. The van der Waals surface area contributed by atoms with Crippen molar-refractivity contribution in [1.82, 2.24) is 14.8 Å². The molecule has 0 radical (unpaired) electrons. The number of nitrogens with one attached hydrogen (secondary N) is 1. The number of rotatable bonds is 0. The minimum atomic E-state index is -1.46. The lowest BCUT2D eigenvalue weighted by atomic mass is 10.3. The Morgan fingerprint density at radius 2 is 2.46 bits per heavy atom. The second-order valence-electron chi connectivity index (χ2n) is 2.69. The Kier molecular flexibility index (Phi) is 1.90. The smallest absolute Gasteiger partial charge is 0.242 e. The van der Waals surface area contributed by atoms with Gasteiger partial charge in [0.2, 0.25) is 11.0 Å². The van der Waals surface area contributed by atoms with Crippen LogP contribution in [0.5, 0.6) is 0 Å². The maximum atomic E-state index is 9.93. The number of aliphatic hydroxyl groups is 1. The van der Waals surface area contributed by atoms with Gasteiger partial charge in [0.05, 0.1) is 4.48 Å². The van der Waals surface area contributed by atoms with E-state index in [0.29, 0.717) is 10.4 Å². The Bertz CT molecular complexity index is 386. The molecular formula is C6H7BrN4OS. The van der Waals surface area contributed by atoms with Crippen LogP contribution in [0.25, 0.3) is 0 Å². The summed E-state index contributed by atoms with van der Waals surface area (Å²) in [4.78, 5) is 3.91. The Morgan fingerprint density at radius 3 is 3.15 bits per heavy atom. The van der Waals surface area contributed by atoms with Crippen LogP contribution in [0.3, 0.4) is 0 Å². The van der Waals surface area contributed by atoms with Gasteiger partial charge in [0.25, 0.3) is 0 Å². The lowest BCUT2D eigenvalue weighted by Gasteiger charge is -2.29. The third kappa shape index (κ3) is 1.18. The van der Waals surface area contributed by atoms with Gasteiger partial charge in [-0.15, -0.1) is 12.6 Å². The van der Waals surface area contributed by atoms with Crippen LogP contribution in [0.1, 0.15) is 6.92 Å². The van der Waals surface area contributed by atoms with E-state index < -0.39 is 5.06 Å². The molecule has 70 valence electrons. The van der Waals surface area contributed by atoms with Crippen molar-refractivity contribution in [2.45, 2.75) is 12.0 Å². The molecule has 1 aromatic rings. The van der Waals surface area contributed by atoms with Crippen molar-refractivity contribution in [2.75, 3.05) is 5.32 Å². The first kappa shape index (κ1) is 9.04. The molecule has 0 saturated carbocycles. The molecule has 7 heteroatoms. The van der Waals surface area contributed by atoms with E-state index in [1.807, 2.05) is 6.92 Å². The number of halogens is 1. The number of thiol groups is 1. The van der Waals surface area contributed by atoms with E-state index in [0.717, 1.165) is 5.70 Å². The molecule has 0 bridgehead atoms. The maximum absolute atomic E-state index is 9.93. The molecule has 5 nitrogen and oxygen atoms in total. The van der Waals surface area contributed by atoms with Gasteiger partial charge in [0.1, 0.15) is 6.33 Å². The third-order valence-corrected chi connectivity index (χ3v) is 3.63. The molecule has 13 heavy (non-hydrogen) atoms. The lowest BCUT2D eigenvalue weighted by Crippen LogP contribution is -2.34. The number of hydrogen-bond donors (Lipinski definition) is 3. The highest BCUT2D eigenvalue weighted by Gasteiger charge is 2.36.